The van der Waals surface area contributed by atoms with Gasteiger partial charge in [0.2, 0.25) is 0 Å². The van der Waals surface area contributed by atoms with Gasteiger partial charge in [-0.15, -0.1) is 0 Å². The standard InChI is InChI=1S/C15H26N4O/c1-3-15(6-4-7-15)11-17-14(20)13-10-18-19(12(13)2)9-5-8-16/h10H,3-9,11,16H2,1-2H3,(H,17,20). The van der Waals surface area contributed by atoms with E-state index < -0.39 is 0 Å². The Morgan fingerprint density at radius 3 is 2.85 bits per heavy atom. The molecule has 2 rings (SSSR count). The number of hydrogen-bond donors (Lipinski definition) is 2. The van der Waals surface area contributed by atoms with Gasteiger partial charge in [-0.1, -0.05) is 13.3 Å². The predicted octanol–water partition coefficient (Wildman–Crippen LogP) is 1.85. The Morgan fingerprint density at radius 1 is 1.55 bits per heavy atom. The Bertz CT molecular complexity index is 457. The topological polar surface area (TPSA) is 72.9 Å². The lowest BCUT2D eigenvalue weighted by atomic mass is 9.67. The highest BCUT2D eigenvalue weighted by molar-refractivity contribution is 5.95. The highest BCUT2D eigenvalue weighted by atomic mass is 16.1. The third-order valence-corrected chi connectivity index (χ3v) is 4.71. The molecule has 1 aliphatic carbocycles. The lowest BCUT2D eigenvalue weighted by molar-refractivity contribution is 0.0849. The van der Waals surface area contributed by atoms with Gasteiger partial charge < -0.3 is 11.1 Å². The Balaban J connectivity index is 1.93. The second-order valence-electron chi connectivity index (χ2n) is 5.90. The molecule has 5 nitrogen and oxygen atoms in total. The normalized spacial score (nSPS) is 16.8. The summed E-state index contributed by atoms with van der Waals surface area (Å²) in [4.78, 5) is 12.3. The minimum absolute atomic E-state index is 0.00113. The van der Waals surface area contributed by atoms with Crippen molar-refractivity contribution in [3.05, 3.63) is 17.5 Å². The summed E-state index contributed by atoms with van der Waals surface area (Å²) in [6.07, 6.45) is 7.45. The van der Waals surface area contributed by atoms with Gasteiger partial charge in [-0.05, 0) is 44.6 Å². The largest absolute Gasteiger partial charge is 0.351 e. The number of rotatable bonds is 7. The van der Waals surface area contributed by atoms with Crippen LogP contribution in [-0.4, -0.2) is 28.8 Å². The molecule has 20 heavy (non-hydrogen) atoms. The molecular weight excluding hydrogens is 252 g/mol. The Kier molecular flexibility index (Phi) is 4.81. The van der Waals surface area contributed by atoms with Crippen molar-refractivity contribution < 1.29 is 4.79 Å². The van der Waals surface area contributed by atoms with Gasteiger partial charge in [0.15, 0.2) is 0 Å². The van der Waals surface area contributed by atoms with Crippen molar-refractivity contribution >= 4 is 5.91 Å². The van der Waals surface area contributed by atoms with Crippen molar-refractivity contribution in [1.29, 1.82) is 0 Å². The second-order valence-corrected chi connectivity index (χ2v) is 5.90. The van der Waals surface area contributed by atoms with E-state index in [1.807, 2.05) is 11.6 Å². The van der Waals surface area contributed by atoms with Crippen molar-refractivity contribution in [1.82, 2.24) is 15.1 Å². The molecule has 1 heterocycles. The van der Waals surface area contributed by atoms with E-state index in [-0.39, 0.29) is 5.91 Å². The summed E-state index contributed by atoms with van der Waals surface area (Å²) in [5.74, 6) is 0.00113. The number of nitrogens with one attached hydrogen (secondary N) is 1. The van der Waals surface area contributed by atoms with Crippen LogP contribution >= 0.6 is 0 Å². The van der Waals surface area contributed by atoms with Gasteiger partial charge in [0, 0.05) is 18.8 Å². The smallest absolute Gasteiger partial charge is 0.254 e. The van der Waals surface area contributed by atoms with Crippen LogP contribution in [0.25, 0.3) is 0 Å². The van der Waals surface area contributed by atoms with Gasteiger partial charge in [0.25, 0.3) is 5.91 Å². The van der Waals surface area contributed by atoms with Crippen LogP contribution < -0.4 is 11.1 Å². The van der Waals surface area contributed by atoms with E-state index in [2.05, 4.69) is 17.3 Å². The van der Waals surface area contributed by atoms with E-state index >= 15 is 0 Å². The van der Waals surface area contributed by atoms with Gasteiger partial charge in [0.1, 0.15) is 0 Å². The second kappa shape index (κ2) is 6.39. The fourth-order valence-electron chi connectivity index (χ4n) is 2.83. The van der Waals surface area contributed by atoms with E-state index in [9.17, 15) is 4.79 Å². The molecule has 1 fully saturated rings. The molecule has 1 amide bonds. The number of aromatic nitrogens is 2. The van der Waals surface area contributed by atoms with Crippen LogP contribution in [0.15, 0.2) is 6.20 Å². The number of nitrogens with two attached hydrogens (primary N) is 1. The summed E-state index contributed by atoms with van der Waals surface area (Å²) < 4.78 is 1.86. The van der Waals surface area contributed by atoms with Crippen LogP contribution in [0.5, 0.6) is 0 Å². The molecule has 0 saturated heterocycles. The first-order valence-electron chi connectivity index (χ1n) is 7.62. The summed E-state index contributed by atoms with van der Waals surface area (Å²) in [6.45, 7) is 6.35. The molecule has 0 aromatic carbocycles. The lowest BCUT2D eigenvalue weighted by Crippen LogP contribution is -2.41. The molecule has 3 N–H and O–H groups in total. The van der Waals surface area contributed by atoms with Gasteiger partial charge in [-0.25, -0.2) is 0 Å². The summed E-state index contributed by atoms with van der Waals surface area (Å²) in [6, 6.07) is 0. The van der Waals surface area contributed by atoms with Crippen molar-refractivity contribution in [2.45, 2.75) is 52.5 Å². The molecule has 0 aliphatic heterocycles. The molecule has 1 aliphatic rings. The summed E-state index contributed by atoms with van der Waals surface area (Å²) in [7, 11) is 0. The van der Waals surface area contributed by atoms with Crippen LogP contribution in [0, 0.1) is 12.3 Å². The Hall–Kier alpha value is -1.36. The van der Waals surface area contributed by atoms with Crippen molar-refractivity contribution in [3.8, 4) is 0 Å². The lowest BCUT2D eigenvalue weighted by Gasteiger charge is -2.41. The zero-order valence-corrected chi connectivity index (χ0v) is 12.6. The van der Waals surface area contributed by atoms with Gasteiger partial charge in [-0.2, -0.15) is 5.10 Å². The van der Waals surface area contributed by atoms with Crippen LogP contribution in [-0.2, 0) is 6.54 Å². The van der Waals surface area contributed by atoms with E-state index in [1.165, 1.54) is 19.3 Å². The molecule has 0 atom stereocenters. The van der Waals surface area contributed by atoms with E-state index in [1.54, 1.807) is 6.20 Å². The van der Waals surface area contributed by atoms with Gasteiger partial charge in [0.05, 0.1) is 11.8 Å². The fourth-order valence-corrected chi connectivity index (χ4v) is 2.83. The number of carbonyl (C=O) groups excluding carboxylic acids is 1. The maximum absolute atomic E-state index is 12.3. The first-order chi connectivity index (χ1) is 9.62. The molecule has 0 spiro atoms. The molecular formula is C15H26N4O. The molecule has 0 radical (unpaired) electrons. The zero-order chi connectivity index (χ0) is 14.6. The average molecular weight is 278 g/mol. The molecule has 5 heteroatoms. The number of amides is 1. The first kappa shape index (κ1) is 15.0. The maximum Gasteiger partial charge on any atom is 0.254 e. The summed E-state index contributed by atoms with van der Waals surface area (Å²) in [5, 5.41) is 7.36. The Morgan fingerprint density at radius 2 is 2.30 bits per heavy atom. The first-order valence-corrected chi connectivity index (χ1v) is 7.62. The monoisotopic (exact) mass is 278 g/mol. The summed E-state index contributed by atoms with van der Waals surface area (Å²) >= 11 is 0. The maximum atomic E-state index is 12.3. The molecule has 1 aromatic rings. The van der Waals surface area contributed by atoms with Gasteiger partial charge >= 0.3 is 0 Å². The molecule has 0 unspecified atom stereocenters. The Labute approximate surface area is 120 Å². The minimum atomic E-state index is 0.00113. The molecule has 1 aromatic heterocycles. The quantitative estimate of drug-likeness (QED) is 0.799. The van der Waals surface area contributed by atoms with E-state index in [0.29, 0.717) is 17.5 Å². The third kappa shape index (κ3) is 3.03. The van der Waals surface area contributed by atoms with Crippen LogP contribution in [0.3, 0.4) is 0 Å². The average Bonchev–Trinajstić information content (AvgIpc) is 2.77. The van der Waals surface area contributed by atoms with Crippen LogP contribution in [0.2, 0.25) is 0 Å². The number of hydrogen-bond acceptors (Lipinski definition) is 3. The van der Waals surface area contributed by atoms with Crippen molar-refractivity contribution in [2.24, 2.45) is 11.1 Å². The third-order valence-electron chi connectivity index (χ3n) is 4.71. The van der Waals surface area contributed by atoms with Crippen LogP contribution in [0.4, 0.5) is 0 Å². The fraction of sp³-hybridized carbons (Fsp3) is 0.733. The van der Waals surface area contributed by atoms with Crippen molar-refractivity contribution in [3.63, 3.8) is 0 Å². The number of carbonyl (C=O) groups is 1. The number of nitrogens with zero attached hydrogens (tertiary/aromatic N) is 2. The SMILES string of the molecule is CCC1(CNC(=O)c2cnn(CCCN)c2C)CCC1. The van der Waals surface area contributed by atoms with Gasteiger partial charge in [-0.3, -0.25) is 9.48 Å². The molecule has 112 valence electrons. The molecule has 1 saturated carbocycles. The summed E-state index contributed by atoms with van der Waals surface area (Å²) in [5.41, 5.74) is 7.47. The predicted molar refractivity (Wildman–Crippen MR) is 79.5 cm³/mol. The van der Waals surface area contributed by atoms with Crippen molar-refractivity contribution in [2.75, 3.05) is 13.1 Å². The highest BCUT2D eigenvalue weighted by Crippen LogP contribution is 2.43. The van der Waals surface area contributed by atoms with Crippen LogP contribution in [0.1, 0.15) is 55.1 Å². The highest BCUT2D eigenvalue weighted by Gasteiger charge is 2.35. The number of aryl methyl sites for hydroxylation is 1. The van der Waals surface area contributed by atoms with E-state index in [0.717, 1.165) is 31.6 Å². The zero-order valence-electron chi connectivity index (χ0n) is 12.6. The minimum Gasteiger partial charge on any atom is -0.351 e. The van der Waals surface area contributed by atoms with E-state index in [4.69, 9.17) is 5.73 Å². The molecule has 0 bridgehead atoms.